The third-order valence-corrected chi connectivity index (χ3v) is 11.0. The van der Waals surface area contributed by atoms with Crippen LogP contribution in [0.15, 0.2) is 206 Å². The maximum Gasteiger partial charge on any atom is 0.160 e. The molecule has 3 heterocycles. The summed E-state index contributed by atoms with van der Waals surface area (Å²) in [5.41, 5.74) is 14.2. The minimum Gasteiger partial charge on any atom is -0.309 e. The first-order chi connectivity index (χ1) is 27.8. The van der Waals surface area contributed by atoms with Crippen LogP contribution in [-0.2, 0) is 0 Å². The molecule has 262 valence electrons. The molecule has 0 aliphatic heterocycles. The second kappa shape index (κ2) is 13.1. The fraction of sp³-hybridized carbons (Fsp3) is 0. The molecule has 0 saturated heterocycles. The van der Waals surface area contributed by atoms with E-state index in [0.717, 1.165) is 39.5 Å². The van der Waals surface area contributed by atoms with Crippen LogP contribution < -0.4 is 0 Å². The first-order valence-electron chi connectivity index (χ1n) is 19.0. The number of hydrogen-bond donors (Lipinski definition) is 0. The van der Waals surface area contributed by atoms with Crippen molar-refractivity contribution in [2.45, 2.75) is 0 Å². The molecule has 0 bridgehead atoms. The lowest BCUT2D eigenvalue weighted by molar-refractivity contribution is 1.16. The van der Waals surface area contributed by atoms with E-state index >= 15 is 0 Å². The Morgan fingerprint density at radius 2 is 0.768 bits per heavy atom. The van der Waals surface area contributed by atoms with Gasteiger partial charge in [-0.25, -0.2) is 9.97 Å². The van der Waals surface area contributed by atoms with Crippen LogP contribution >= 0.6 is 0 Å². The summed E-state index contributed by atoms with van der Waals surface area (Å²) in [5.74, 6) is 0.697. The van der Waals surface area contributed by atoms with E-state index < -0.39 is 0 Å². The van der Waals surface area contributed by atoms with E-state index in [-0.39, 0.29) is 0 Å². The van der Waals surface area contributed by atoms with Crippen molar-refractivity contribution in [1.29, 1.82) is 0 Å². The molecule has 0 N–H and O–H groups in total. The number of rotatable bonds is 6. The number of nitrogens with zero attached hydrogens (tertiary/aromatic N) is 4. The third kappa shape index (κ3) is 5.23. The Bertz CT molecular complexity index is 3140. The lowest BCUT2D eigenvalue weighted by Crippen LogP contribution is -1.97. The molecule has 0 saturated carbocycles. The molecule has 0 radical (unpaired) electrons. The van der Waals surface area contributed by atoms with Crippen LogP contribution in [0, 0.1) is 0 Å². The van der Waals surface area contributed by atoms with Crippen molar-refractivity contribution >= 4 is 43.6 Å². The molecule has 11 rings (SSSR count). The Balaban J connectivity index is 1.10. The van der Waals surface area contributed by atoms with Gasteiger partial charge >= 0.3 is 0 Å². The monoisotopic (exact) mass is 714 g/mol. The Morgan fingerprint density at radius 1 is 0.304 bits per heavy atom. The highest BCUT2D eigenvalue weighted by molar-refractivity contribution is 6.26. The summed E-state index contributed by atoms with van der Waals surface area (Å²) in [7, 11) is 0. The van der Waals surface area contributed by atoms with E-state index in [9.17, 15) is 0 Å². The Labute approximate surface area is 324 Å². The predicted molar refractivity (Wildman–Crippen MR) is 232 cm³/mol. The standard InChI is InChI=1S/C52H34N4/c1-4-14-35(15-5-1)36-24-28-40(29-25-36)55-48-23-13-11-21-44(48)50-49(55)33-32-43-42-20-10-12-22-47(42)56(51(43)50)41-30-26-39(27-31-41)52-53-45(37-16-6-2-7-17-37)34-46(54-52)38-18-8-3-9-19-38/h1-34H. The maximum absolute atomic E-state index is 5.10. The van der Waals surface area contributed by atoms with Gasteiger partial charge in [0.2, 0.25) is 0 Å². The number of aromatic nitrogens is 4. The van der Waals surface area contributed by atoms with Gasteiger partial charge in [0.25, 0.3) is 0 Å². The molecule has 0 amide bonds. The van der Waals surface area contributed by atoms with Crippen LogP contribution in [0.1, 0.15) is 0 Å². The normalized spacial score (nSPS) is 11.6. The van der Waals surface area contributed by atoms with Crippen molar-refractivity contribution in [3.8, 4) is 56.4 Å². The van der Waals surface area contributed by atoms with Crippen molar-refractivity contribution in [2.75, 3.05) is 0 Å². The molecule has 0 spiro atoms. The summed E-state index contributed by atoms with van der Waals surface area (Å²) in [6.45, 7) is 0. The zero-order valence-corrected chi connectivity index (χ0v) is 30.4. The number of fused-ring (bicyclic) bond motifs is 7. The second-order valence-corrected chi connectivity index (χ2v) is 14.2. The third-order valence-electron chi connectivity index (χ3n) is 11.0. The number of para-hydroxylation sites is 2. The van der Waals surface area contributed by atoms with Gasteiger partial charge in [-0.05, 0) is 71.8 Å². The van der Waals surface area contributed by atoms with Gasteiger partial charge in [0.1, 0.15) is 0 Å². The minimum atomic E-state index is 0.697. The van der Waals surface area contributed by atoms with Crippen molar-refractivity contribution in [3.05, 3.63) is 206 Å². The van der Waals surface area contributed by atoms with E-state index in [2.05, 4.69) is 203 Å². The fourth-order valence-corrected chi connectivity index (χ4v) is 8.34. The van der Waals surface area contributed by atoms with Gasteiger partial charge in [-0.3, -0.25) is 0 Å². The smallest absolute Gasteiger partial charge is 0.160 e. The van der Waals surface area contributed by atoms with E-state index in [1.165, 1.54) is 54.7 Å². The van der Waals surface area contributed by atoms with Crippen molar-refractivity contribution < 1.29 is 0 Å². The van der Waals surface area contributed by atoms with Gasteiger partial charge in [-0.2, -0.15) is 0 Å². The summed E-state index contributed by atoms with van der Waals surface area (Å²) in [4.78, 5) is 10.2. The van der Waals surface area contributed by atoms with Crippen molar-refractivity contribution in [1.82, 2.24) is 19.1 Å². The predicted octanol–water partition coefficient (Wildman–Crippen LogP) is 13.3. The Kier molecular flexibility index (Phi) is 7.46. The van der Waals surface area contributed by atoms with Crippen LogP contribution in [0.2, 0.25) is 0 Å². The largest absolute Gasteiger partial charge is 0.309 e. The highest BCUT2D eigenvalue weighted by atomic mass is 15.0. The first-order valence-corrected chi connectivity index (χ1v) is 19.0. The van der Waals surface area contributed by atoms with Gasteiger partial charge in [-0.15, -0.1) is 0 Å². The summed E-state index contributed by atoms with van der Waals surface area (Å²) in [5, 5.41) is 4.91. The molecule has 56 heavy (non-hydrogen) atoms. The molecule has 0 unspecified atom stereocenters. The summed E-state index contributed by atoms with van der Waals surface area (Å²) < 4.78 is 4.84. The molecular formula is C52H34N4. The van der Waals surface area contributed by atoms with Gasteiger partial charge in [-0.1, -0.05) is 146 Å². The summed E-state index contributed by atoms with van der Waals surface area (Å²) in [6, 6.07) is 73.1. The summed E-state index contributed by atoms with van der Waals surface area (Å²) >= 11 is 0. The lowest BCUT2D eigenvalue weighted by Gasteiger charge is -2.12. The van der Waals surface area contributed by atoms with Gasteiger partial charge < -0.3 is 9.13 Å². The van der Waals surface area contributed by atoms with Gasteiger partial charge in [0, 0.05) is 49.6 Å². The van der Waals surface area contributed by atoms with Gasteiger partial charge in [0.15, 0.2) is 5.82 Å². The topological polar surface area (TPSA) is 35.6 Å². The number of benzene rings is 8. The van der Waals surface area contributed by atoms with Crippen molar-refractivity contribution in [3.63, 3.8) is 0 Å². The lowest BCUT2D eigenvalue weighted by atomic mass is 10.1. The first kappa shape index (κ1) is 31.9. The van der Waals surface area contributed by atoms with Crippen LogP contribution in [0.25, 0.3) is 100 Å². The Hall–Kier alpha value is -7.56. The molecule has 8 aromatic carbocycles. The van der Waals surface area contributed by atoms with Crippen LogP contribution in [-0.4, -0.2) is 19.1 Å². The maximum atomic E-state index is 5.10. The highest BCUT2D eigenvalue weighted by Crippen LogP contribution is 2.42. The molecule has 0 aliphatic rings. The molecule has 0 atom stereocenters. The van der Waals surface area contributed by atoms with E-state index in [0.29, 0.717) is 5.82 Å². The zero-order chi connectivity index (χ0) is 37.0. The van der Waals surface area contributed by atoms with Gasteiger partial charge in [0.05, 0.1) is 33.5 Å². The molecule has 4 heteroatoms. The average molecular weight is 715 g/mol. The molecule has 11 aromatic rings. The average Bonchev–Trinajstić information content (AvgIpc) is 3.80. The second-order valence-electron chi connectivity index (χ2n) is 14.2. The van der Waals surface area contributed by atoms with E-state index in [1.54, 1.807) is 0 Å². The minimum absolute atomic E-state index is 0.697. The van der Waals surface area contributed by atoms with Crippen LogP contribution in [0.5, 0.6) is 0 Å². The van der Waals surface area contributed by atoms with Crippen molar-refractivity contribution in [2.24, 2.45) is 0 Å². The highest BCUT2D eigenvalue weighted by Gasteiger charge is 2.21. The summed E-state index contributed by atoms with van der Waals surface area (Å²) in [6.07, 6.45) is 0. The fourth-order valence-electron chi connectivity index (χ4n) is 8.34. The molecule has 0 fully saturated rings. The van der Waals surface area contributed by atoms with E-state index in [4.69, 9.17) is 9.97 Å². The molecule has 0 aliphatic carbocycles. The molecule has 3 aromatic heterocycles. The zero-order valence-electron chi connectivity index (χ0n) is 30.4. The Morgan fingerprint density at radius 3 is 1.38 bits per heavy atom. The van der Waals surface area contributed by atoms with Crippen LogP contribution in [0.3, 0.4) is 0 Å². The van der Waals surface area contributed by atoms with Crippen LogP contribution in [0.4, 0.5) is 0 Å². The quantitative estimate of drug-likeness (QED) is 0.172. The molecular weight excluding hydrogens is 681 g/mol. The molecule has 4 nitrogen and oxygen atoms in total. The SMILES string of the molecule is c1ccc(-c2ccc(-n3c4ccccc4c4c3ccc3c5ccccc5n(-c5ccc(-c6nc(-c7ccccc7)cc(-c7ccccc7)n6)cc5)c34)cc2)cc1. The van der Waals surface area contributed by atoms with E-state index in [1.807, 2.05) is 12.1 Å². The number of hydrogen-bond acceptors (Lipinski definition) is 2.